The van der Waals surface area contributed by atoms with Crippen LogP contribution in [0.2, 0.25) is 10.0 Å². The van der Waals surface area contributed by atoms with Crippen LogP contribution in [0.5, 0.6) is 0 Å². The van der Waals surface area contributed by atoms with Crippen LogP contribution < -0.4 is 10.2 Å². The Balaban J connectivity index is 1.30. The third-order valence-corrected chi connectivity index (χ3v) is 8.49. The van der Waals surface area contributed by atoms with Crippen molar-refractivity contribution in [1.29, 1.82) is 0 Å². The van der Waals surface area contributed by atoms with Crippen LogP contribution in [0.3, 0.4) is 0 Å². The number of likely N-dealkylation sites (N-methyl/N-ethyl adjacent to an activating group) is 1. The van der Waals surface area contributed by atoms with E-state index < -0.39 is 5.54 Å². The molecule has 1 N–H and O–H groups in total. The molecule has 3 aromatic carbocycles. The molecular formula is C30H31Cl2N5O3. The number of carbonyl (C=O) groups is 3. The third kappa shape index (κ3) is 5.60. The Morgan fingerprint density at radius 1 is 0.925 bits per heavy atom. The highest BCUT2D eigenvalue weighted by Gasteiger charge is 2.54. The highest BCUT2D eigenvalue weighted by molar-refractivity contribution is 6.43. The molecule has 0 radical (unpaired) electrons. The van der Waals surface area contributed by atoms with Crippen LogP contribution in [0.1, 0.15) is 18.4 Å². The SMILES string of the molecule is CN(Cc1ccccc1)C(=O)CN1CN(c2ccccc2)C2(CCN(C(=O)Nc3cccc(Cl)c3Cl)CC2)C1=O. The van der Waals surface area contributed by atoms with Crippen LogP contribution in [0.15, 0.2) is 78.9 Å². The molecule has 2 aliphatic heterocycles. The first kappa shape index (κ1) is 27.8. The quantitative estimate of drug-likeness (QED) is 0.428. The molecule has 0 aliphatic carbocycles. The van der Waals surface area contributed by atoms with E-state index in [1.54, 1.807) is 39.9 Å². The van der Waals surface area contributed by atoms with Gasteiger partial charge in [0.25, 0.3) is 5.91 Å². The van der Waals surface area contributed by atoms with E-state index in [2.05, 4.69) is 10.2 Å². The summed E-state index contributed by atoms with van der Waals surface area (Å²) in [5.74, 6) is -0.215. The summed E-state index contributed by atoms with van der Waals surface area (Å²) in [5, 5.41) is 3.47. The van der Waals surface area contributed by atoms with Crippen molar-refractivity contribution >= 4 is 52.4 Å². The second kappa shape index (κ2) is 11.8. The lowest BCUT2D eigenvalue weighted by molar-refractivity contribution is -0.140. The molecule has 1 spiro atoms. The number of carbonyl (C=O) groups excluding carboxylic acids is 3. The summed E-state index contributed by atoms with van der Waals surface area (Å²) in [6.07, 6.45) is 0.865. The Morgan fingerprint density at radius 2 is 1.57 bits per heavy atom. The van der Waals surface area contributed by atoms with Crippen molar-refractivity contribution in [2.45, 2.75) is 24.9 Å². The summed E-state index contributed by atoms with van der Waals surface area (Å²) in [4.78, 5) is 47.3. The number of para-hydroxylation sites is 1. The van der Waals surface area contributed by atoms with Crippen molar-refractivity contribution in [3.63, 3.8) is 0 Å². The number of piperidine rings is 1. The molecule has 0 aromatic heterocycles. The highest BCUT2D eigenvalue weighted by Crippen LogP contribution is 2.40. The van der Waals surface area contributed by atoms with E-state index >= 15 is 0 Å². The predicted molar refractivity (Wildman–Crippen MR) is 157 cm³/mol. The van der Waals surface area contributed by atoms with E-state index in [1.165, 1.54) is 0 Å². The number of amides is 4. The van der Waals surface area contributed by atoms with Crippen molar-refractivity contribution in [3.8, 4) is 0 Å². The van der Waals surface area contributed by atoms with Crippen LogP contribution in [0.4, 0.5) is 16.2 Å². The molecule has 0 bridgehead atoms. The molecule has 0 unspecified atom stereocenters. The van der Waals surface area contributed by atoms with Crippen molar-refractivity contribution in [1.82, 2.24) is 14.7 Å². The number of likely N-dealkylation sites (tertiary alicyclic amines) is 1. The zero-order valence-electron chi connectivity index (χ0n) is 22.2. The first-order valence-corrected chi connectivity index (χ1v) is 13.9. The minimum absolute atomic E-state index is 0.00921. The molecule has 0 atom stereocenters. The van der Waals surface area contributed by atoms with Gasteiger partial charge in [-0.1, -0.05) is 77.8 Å². The third-order valence-electron chi connectivity index (χ3n) is 7.67. The fourth-order valence-corrected chi connectivity index (χ4v) is 5.77. The zero-order chi connectivity index (χ0) is 28.3. The lowest BCUT2D eigenvalue weighted by Crippen LogP contribution is -2.58. The van der Waals surface area contributed by atoms with Crippen molar-refractivity contribution in [2.24, 2.45) is 0 Å². The highest BCUT2D eigenvalue weighted by atomic mass is 35.5. The number of nitrogens with zero attached hydrogens (tertiary/aromatic N) is 4. The topological polar surface area (TPSA) is 76.2 Å². The summed E-state index contributed by atoms with van der Waals surface area (Å²) in [7, 11) is 1.75. The van der Waals surface area contributed by atoms with Gasteiger partial charge in [-0.2, -0.15) is 0 Å². The fourth-order valence-electron chi connectivity index (χ4n) is 5.43. The normalized spacial score (nSPS) is 16.4. The minimum Gasteiger partial charge on any atom is -0.340 e. The molecule has 8 nitrogen and oxygen atoms in total. The van der Waals surface area contributed by atoms with Gasteiger partial charge in [0.1, 0.15) is 12.1 Å². The smallest absolute Gasteiger partial charge is 0.321 e. The van der Waals surface area contributed by atoms with Gasteiger partial charge in [-0.15, -0.1) is 0 Å². The lowest BCUT2D eigenvalue weighted by atomic mass is 9.85. The van der Waals surface area contributed by atoms with Gasteiger partial charge in [-0.05, 0) is 42.7 Å². The number of benzene rings is 3. The van der Waals surface area contributed by atoms with E-state index in [-0.39, 0.29) is 29.4 Å². The van der Waals surface area contributed by atoms with Crippen molar-refractivity contribution in [3.05, 3.63) is 94.5 Å². The fraction of sp³-hybridized carbons (Fsp3) is 0.300. The number of hydrogen-bond acceptors (Lipinski definition) is 4. The van der Waals surface area contributed by atoms with Gasteiger partial charge in [0.15, 0.2) is 0 Å². The average molecular weight is 581 g/mol. The molecule has 2 saturated heterocycles. The molecule has 2 heterocycles. The minimum atomic E-state index is -0.843. The van der Waals surface area contributed by atoms with Gasteiger partial charge in [0.05, 0.1) is 22.4 Å². The largest absolute Gasteiger partial charge is 0.340 e. The molecular weight excluding hydrogens is 549 g/mol. The number of nitrogens with one attached hydrogen (secondary N) is 1. The second-order valence-corrected chi connectivity index (χ2v) is 11.0. The average Bonchev–Trinajstić information content (AvgIpc) is 3.23. The number of anilines is 2. The van der Waals surface area contributed by atoms with Crippen LogP contribution >= 0.6 is 23.2 Å². The van der Waals surface area contributed by atoms with Gasteiger partial charge >= 0.3 is 6.03 Å². The van der Waals surface area contributed by atoms with Gasteiger partial charge in [-0.25, -0.2) is 4.79 Å². The van der Waals surface area contributed by atoms with Gasteiger partial charge in [0, 0.05) is 32.4 Å². The molecule has 3 aromatic rings. The molecule has 40 heavy (non-hydrogen) atoms. The van der Waals surface area contributed by atoms with Crippen LogP contribution in [-0.2, 0) is 16.1 Å². The number of halogens is 2. The molecule has 2 fully saturated rings. The molecule has 10 heteroatoms. The second-order valence-electron chi connectivity index (χ2n) is 10.2. The maximum absolute atomic E-state index is 14.0. The van der Waals surface area contributed by atoms with E-state index in [0.29, 0.717) is 49.9 Å². The van der Waals surface area contributed by atoms with Crippen LogP contribution in [0, 0.1) is 0 Å². The maximum Gasteiger partial charge on any atom is 0.321 e. The molecule has 5 rings (SSSR count). The summed E-state index contributed by atoms with van der Waals surface area (Å²) < 4.78 is 0. The Morgan fingerprint density at radius 3 is 2.25 bits per heavy atom. The van der Waals surface area contributed by atoms with E-state index in [0.717, 1.165) is 11.3 Å². The summed E-state index contributed by atoms with van der Waals surface area (Å²) in [6.45, 7) is 1.50. The molecule has 2 aliphatic rings. The lowest BCUT2D eigenvalue weighted by Gasteiger charge is -2.43. The van der Waals surface area contributed by atoms with E-state index in [9.17, 15) is 14.4 Å². The van der Waals surface area contributed by atoms with Gasteiger partial charge in [0.2, 0.25) is 5.91 Å². The number of urea groups is 1. The van der Waals surface area contributed by atoms with Gasteiger partial charge < -0.3 is 24.9 Å². The Kier molecular flexibility index (Phi) is 8.19. The number of rotatable bonds is 6. The Bertz CT molecular complexity index is 1380. The van der Waals surface area contributed by atoms with Crippen molar-refractivity contribution in [2.75, 3.05) is 43.6 Å². The van der Waals surface area contributed by atoms with Crippen molar-refractivity contribution < 1.29 is 14.4 Å². The first-order chi connectivity index (χ1) is 19.3. The Hall–Kier alpha value is -3.75. The summed E-state index contributed by atoms with van der Waals surface area (Å²) in [6, 6.07) is 24.3. The summed E-state index contributed by atoms with van der Waals surface area (Å²) >= 11 is 12.3. The first-order valence-electron chi connectivity index (χ1n) is 13.2. The zero-order valence-corrected chi connectivity index (χ0v) is 23.7. The Labute approximate surface area is 244 Å². The molecule has 4 amide bonds. The summed E-state index contributed by atoms with van der Waals surface area (Å²) in [5.41, 5.74) is 1.53. The van der Waals surface area contributed by atoms with Crippen LogP contribution in [0.25, 0.3) is 0 Å². The maximum atomic E-state index is 14.0. The van der Waals surface area contributed by atoms with E-state index in [4.69, 9.17) is 23.2 Å². The predicted octanol–water partition coefficient (Wildman–Crippen LogP) is 5.32. The number of hydrogen-bond donors (Lipinski definition) is 1. The molecule has 208 valence electrons. The monoisotopic (exact) mass is 579 g/mol. The van der Waals surface area contributed by atoms with Gasteiger partial charge in [-0.3, -0.25) is 9.59 Å². The van der Waals surface area contributed by atoms with E-state index in [1.807, 2.05) is 60.7 Å². The molecule has 0 saturated carbocycles. The van der Waals surface area contributed by atoms with Crippen LogP contribution in [-0.4, -0.2) is 71.4 Å². The standard InChI is InChI=1S/C30H31Cl2N5O3/c1-34(19-22-9-4-2-5-10-22)26(38)20-36-21-37(23-11-6-3-7-12-23)30(28(36)39)15-17-35(18-16-30)29(40)33-25-14-8-13-24(31)27(25)32/h2-14H,15-21H2,1H3,(H,33,40).